The zero-order chi connectivity index (χ0) is 32.6. The second-order valence-corrected chi connectivity index (χ2v) is 12.6. The number of carbonyl (C=O) groups is 2. The molecule has 0 spiro atoms. The van der Waals surface area contributed by atoms with Crippen molar-refractivity contribution in [2.45, 2.75) is 37.8 Å². The lowest BCUT2D eigenvalue weighted by Gasteiger charge is -2.34. The molecule has 0 saturated heterocycles. The van der Waals surface area contributed by atoms with E-state index in [2.05, 4.69) is 5.32 Å². The number of carbonyl (C=O) groups excluding carboxylic acids is 2. The number of amides is 2. The second-order valence-electron chi connectivity index (χ2n) is 10.7. The maximum Gasteiger partial charge on any atom is 0.264 e. The van der Waals surface area contributed by atoms with Crippen molar-refractivity contribution in [3.63, 3.8) is 0 Å². The van der Waals surface area contributed by atoms with Crippen LogP contribution < -0.4 is 19.1 Å². The summed E-state index contributed by atoms with van der Waals surface area (Å²) >= 11 is 0. The van der Waals surface area contributed by atoms with Crippen molar-refractivity contribution in [2.75, 3.05) is 32.1 Å². The molecule has 0 aliphatic rings. The van der Waals surface area contributed by atoms with Crippen LogP contribution in [0.15, 0.2) is 102 Å². The molecule has 0 radical (unpaired) electrons. The van der Waals surface area contributed by atoms with Gasteiger partial charge in [-0.2, -0.15) is 0 Å². The Bertz CT molecular complexity index is 1730. The van der Waals surface area contributed by atoms with Gasteiger partial charge in [-0.25, -0.2) is 8.42 Å². The second kappa shape index (κ2) is 14.8. The predicted molar refractivity (Wildman–Crippen MR) is 175 cm³/mol. The summed E-state index contributed by atoms with van der Waals surface area (Å²) in [6.45, 7) is 3.28. The van der Waals surface area contributed by atoms with E-state index in [4.69, 9.17) is 9.47 Å². The van der Waals surface area contributed by atoms with E-state index in [1.54, 1.807) is 24.3 Å². The molecule has 9 nitrogen and oxygen atoms in total. The Morgan fingerprint density at radius 2 is 1.49 bits per heavy atom. The first-order valence-electron chi connectivity index (χ1n) is 14.5. The summed E-state index contributed by atoms with van der Waals surface area (Å²) in [7, 11) is 0.116. The van der Waals surface area contributed by atoms with Gasteiger partial charge in [-0.15, -0.1) is 0 Å². The minimum atomic E-state index is -4.30. The third-order valence-corrected chi connectivity index (χ3v) is 9.27. The van der Waals surface area contributed by atoms with Gasteiger partial charge in [-0.3, -0.25) is 13.9 Å². The minimum Gasteiger partial charge on any atom is -0.497 e. The van der Waals surface area contributed by atoms with Gasteiger partial charge in [0.05, 0.1) is 24.8 Å². The van der Waals surface area contributed by atoms with Crippen molar-refractivity contribution in [2.24, 2.45) is 0 Å². The average Bonchev–Trinajstić information content (AvgIpc) is 3.05. The molecule has 10 heteroatoms. The zero-order valence-electron chi connectivity index (χ0n) is 26.2. The van der Waals surface area contributed by atoms with Gasteiger partial charge < -0.3 is 19.7 Å². The summed E-state index contributed by atoms with van der Waals surface area (Å²) in [5, 5.41) is 2.70. The standard InChI is InChI=1S/C35H39N3O6S/c1-25-14-17-30(18-15-25)45(41,42)38(31-22-29(43-4)16-19-33(31)44-5)24-34(39)37(23-28-13-9-10-26(2)20-28)32(35(40)36-3)21-27-11-7-6-8-12-27/h6-20,22,32H,21,23-24H2,1-5H3,(H,36,40). The molecule has 1 unspecified atom stereocenters. The highest BCUT2D eigenvalue weighted by molar-refractivity contribution is 7.92. The topological polar surface area (TPSA) is 105 Å². The molecular weight excluding hydrogens is 590 g/mol. The zero-order valence-corrected chi connectivity index (χ0v) is 27.0. The van der Waals surface area contributed by atoms with Gasteiger partial charge >= 0.3 is 0 Å². The van der Waals surface area contributed by atoms with Crippen LogP contribution in [0.4, 0.5) is 5.69 Å². The highest BCUT2D eigenvalue weighted by Gasteiger charge is 2.35. The van der Waals surface area contributed by atoms with Crippen LogP contribution in [0.1, 0.15) is 22.3 Å². The summed E-state index contributed by atoms with van der Waals surface area (Å²) in [5.74, 6) is -0.323. The largest absolute Gasteiger partial charge is 0.497 e. The number of hydrogen-bond acceptors (Lipinski definition) is 6. The van der Waals surface area contributed by atoms with Crippen molar-refractivity contribution in [1.82, 2.24) is 10.2 Å². The number of ether oxygens (including phenoxy) is 2. The SMILES string of the molecule is CNC(=O)C(Cc1ccccc1)N(Cc1cccc(C)c1)C(=O)CN(c1cc(OC)ccc1OC)S(=O)(=O)c1ccc(C)cc1. The molecule has 0 fully saturated rings. The molecule has 45 heavy (non-hydrogen) atoms. The molecule has 4 rings (SSSR count). The fourth-order valence-electron chi connectivity index (χ4n) is 5.07. The van der Waals surface area contributed by atoms with Gasteiger partial charge in [0.15, 0.2) is 0 Å². The Hall–Kier alpha value is -4.83. The van der Waals surface area contributed by atoms with Gasteiger partial charge in [0.2, 0.25) is 11.8 Å². The lowest BCUT2D eigenvalue weighted by atomic mass is 10.0. The molecule has 1 atom stereocenters. The third kappa shape index (κ3) is 8.02. The summed E-state index contributed by atoms with van der Waals surface area (Å²) in [4.78, 5) is 29.4. The number of likely N-dealkylation sites (N-methyl/N-ethyl adjacent to an activating group) is 1. The summed E-state index contributed by atoms with van der Waals surface area (Å²) < 4.78 is 40.6. The number of nitrogens with one attached hydrogen (secondary N) is 1. The van der Waals surface area contributed by atoms with Crippen LogP contribution >= 0.6 is 0 Å². The maximum absolute atomic E-state index is 14.5. The van der Waals surface area contributed by atoms with E-state index in [0.29, 0.717) is 5.75 Å². The number of aryl methyl sites for hydroxylation is 2. The number of benzene rings is 4. The molecule has 0 aliphatic heterocycles. The van der Waals surface area contributed by atoms with E-state index in [1.165, 1.54) is 44.4 Å². The highest BCUT2D eigenvalue weighted by atomic mass is 32.2. The normalized spacial score (nSPS) is 11.8. The number of nitrogens with zero attached hydrogens (tertiary/aromatic N) is 2. The Morgan fingerprint density at radius 1 is 0.800 bits per heavy atom. The summed E-state index contributed by atoms with van der Waals surface area (Å²) in [5.41, 5.74) is 3.66. The van der Waals surface area contributed by atoms with Crippen molar-refractivity contribution in [3.8, 4) is 11.5 Å². The van der Waals surface area contributed by atoms with Crippen LogP contribution in [0.3, 0.4) is 0 Å². The first kappa shape index (κ1) is 33.1. The minimum absolute atomic E-state index is 0.00291. The molecule has 4 aromatic carbocycles. The number of rotatable bonds is 13. The molecule has 4 aromatic rings. The van der Waals surface area contributed by atoms with E-state index in [-0.39, 0.29) is 35.2 Å². The third-order valence-electron chi connectivity index (χ3n) is 7.50. The van der Waals surface area contributed by atoms with Gasteiger partial charge in [-0.1, -0.05) is 77.9 Å². The molecule has 0 saturated carbocycles. The van der Waals surface area contributed by atoms with Crippen LogP contribution in [0.2, 0.25) is 0 Å². The molecule has 0 bridgehead atoms. The van der Waals surface area contributed by atoms with Crippen LogP contribution in [0.5, 0.6) is 11.5 Å². The Morgan fingerprint density at radius 3 is 2.11 bits per heavy atom. The van der Waals surface area contributed by atoms with Gasteiger partial charge in [0.25, 0.3) is 10.0 Å². The quantitative estimate of drug-likeness (QED) is 0.226. The van der Waals surface area contributed by atoms with E-state index in [9.17, 15) is 18.0 Å². The van der Waals surface area contributed by atoms with Crippen molar-refractivity contribution in [3.05, 3.63) is 119 Å². The van der Waals surface area contributed by atoms with Crippen molar-refractivity contribution in [1.29, 1.82) is 0 Å². The van der Waals surface area contributed by atoms with Crippen LogP contribution in [0.25, 0.3) is 0 Å². The fourth-order valence-corrected chi connectivity index (χ4v) is 6.49. The molecule has 0 aliphatic carbocycles. The van der Waals surface area contributed by atoms with Gasteiger partial charge in [-0.05, 0) is 49.2 Å². The smallest absolute Gasteiger partial charge is 0.264 e. The van der Waals surface area contributed by atoms with E-state index < -0.39 is 28.5 Å². The Labute approximate surface area is 265 Å². The first-order chi connectivity index (χ1) is 21.6. The monoisotopic (exact) mass is 629 g/mol. The first-order valence-corrected chi connectivity index (χ1v) is 15.9. The van der Waals surface area contributed by atoms with Gasteiger partial charge in [0, 0.05) is 26.1 Å². The number of sulfonamides is 1. The Balaban J connectivity index is 1.85. The lowest BCUT2D eigenvalue weighted by Crippen LogP contribution is -2.53. The summed E-state index contributed by atoms with van der Waals surface area (Å²) in [6.07, 6.45) is 0.227. The Kier molecular flexibility index (Phi) is 10.9. The average molecular weight is 630 g/mol. The van der Waals surface area contributed by atoms with E-state index in [1.807, 2.05) is 68.4 Å². The van der Waals surface area contributed by atoms with Crippen LogP contribution in [0, 0.1) is 13.8 Å². The summed E-state index contributed by atoms with van der Waals surface area (Å²) in [6, 6.07) is 27.3. The fraction of sp³-hybridized carbons (Fsp3) is 0.257. The molecule has 0 heterocycles. The number of hydrogen-bond donors (Lipinski definition) is 1. The molecule has 2 amide bonds. The van der Waals surface area contributed by atoms with E-state index in [0.717, 1.165) is 26.6 Å². The maximum atomic E-state index is 14.5. The lowest BCUT2D eigenvalue weighted by molar-refractivity contribution is -0.139. The predicted octanol–water partition coefficient (Wildman–Crippen LogP) is 4.90. The van der Waals surface area contributed by atoms with Crippen LogP contribution in [-0.4, -0.2) is 59.0 Å². The van der Waals surface area contributed by atoms with Crippen molar-refractivity contribution < 1.29 is 27.5 Å². The molecule has 1 N–H and O–H groups in total. The highest BCUT2D eigenvalue weighted by Crippen LogP contribution is 2.36. The van der Waals surface area contributed by atoms with Gasteiger partial charge in [0.1, 0.15) is 24.1 Å². The number of methoxy groups -OCH3 is 2. The van der Waals surface area contributed by atoms with Crippen molar-refractivity contribution >= 4 is 27.5 Å². The molecule has 0 aromatic heterocycles. The van der Waals surface area contributed by atoms with E-state index >= 15 is 0 Å². The molecular formula is C35H39N3O6S. The van der Waals surface area contributed by atoms with Crippen LogP contribution in [-0.2, 0) is 32.6 Å². The number of anilines is 1. The molecule has 236 valence electrons.